The fourth-order valence-electron chi connectivity index (χ4n) is 3.76. The molecule has 2 fully saturated rings. The van der Waals surface area contributed by atoms with E-state index < -0.39 is 0 Å². The van der Waals surface area contributed by atoms with Gasteiger partial charge >= 0.3 is 0 Å². The van der Waals surface area contributed by atoms with Crippen LogP contribution in [0.5, 0.6) is 0 Å². The summed E-state index contributed by atoms with van der Waals surface area (Å²) in [5.41, 5.74) is 8.84. The Bertz CT molecular complexity index is 661. The summed E-state index contributed by atoms with van der Waals surface area (Å²) >= 11 is 0. The van der Waals surface area contributed by atoms with E-state index in [0.717, 1.165) is 31.7 Å². The van der Waals surface area contributed by atoms with Crippen LogP contribution in [-0.4, -0.2) is 28.0 Å². The number of aryl methyl sites for hydroxylation is 1. The van der Waals surface area contributed by atoms with Gasteiger partial charge in [-0.15, -0.1) is 0 Å². The van der Waals surface area contributed by atoms with E-state index in [1.807, 2.05) is 0 Å². The van der Waals surface area contributed by atoms with Crippen molar-refractivity contribution in [3.05, 3.63) is 30.0 Å². The molecule has 2 aromatic rings. The van der Waals surface area contributed by atoms with Gasteiger partial charge in [-0.05, 0) is 38.2 Å². The molecule has 2 unspecified atom stereocenters. The Morgan fingerprint density at radius 1 is 1.38 bits per heavy atom. The van der Waals surface area contributed by atoms with E-state index in [4.69, 9.17) is 15.6 Å². The van der Waals surface area contributed by atoms with E-state index in [-0.39, 0.29) is 11.6 Å². The lowest BCUT2D eigenvalue weighted by Crippen LogP contribution is -2.50. The van der Waals surface area contributed by atoms with Gasteiger partial charge in [-0.1, -0.05) is 18.2 Å². The van der Waals surface area contributed by atoms with Crippen LogP contribution in [0.15, 0.2) is 24.3 Å². The summed E-state index contributed by atoms with van der Waals surface area (Å²) in [6.07, 6.45) is 4.54. The Balaban J connectivity index is 1.70. The molecule has 2 N–H and O–H groups in total. The molecule has 4 nitrogen and oxygen atoms in total. The van der Waals surface area contributed by atoms with Crippen LogP contribution in [0.1, 0.15) is 31.9 Å². The lowest BCUT2D eigenvalue weighted by molar-refractivity contribution is 0.0624. The third kappa shape index (κ3) is 2.17. The molecule has 0 amide bonds. The maximum atomic E-state index is 6.74. The van der Waals surface area contributed by atoms with Crippen molar-refractivity contribution in [3.63, 3.8) is 0 Å². The molecular formula is C17H23N3O. The van der Waals surface area contributed by atoms with Crippen LogP contribution in [0.25, 0.3) is 10.9 Å². The molecule has 1 aromatic carbocycles. The average molecular weight is 285 g/mol. The summed E-state index contributed by atoms with van der Waals surface area (Å²) in [5, 5.41) is 6.05. The van der Waals surface area contributed by atoms with Crippen LogP contribution in [0, 0.1) is 5.92 Å². The average Bonchev–Trinajstić information content (AvgIpc) is 3.18. The zero-order chi connectivity index (χ0) is 14.4. The first kappa shape index (κ1) is 13.3. The monoisotopic (exact) mass is 285 g/mol. The van der Waals surface area contributed by atoms with E-state index in [1.54, 1.807) is 0 Å². The number of para-hydroxylation sites is 1. The van der Waals surface area contributed by atoms with Gasteiger partial charge in [0.15, 0.2) is 0 Å². The first-order valence-electron chi connectivity index (χ1n) is 8.06. The highest BCUT2D eigenvalue weighted by Gasteiger charge is 2.49. The lowest BCUT2D eigenvalue weighted by Gasteiger charge is -2.29. The summed E-state index contributed by atoms with van der Waals surface area (Å²) in [7, 11) is 0. The van der Waals surface area contributed by atoms with Crippen molar-refractivity contribution in [2.75, 3.05) is 6.61 Å². The standard InChI is InChI=1S/C17H23N3O/c1-2-20-15-6-4-3-5-13(15)14(19-20)11-17(18)9-10-21-16(17)12-7-8-12/h3-6,12,16H,2,7-11,18H2,1H3. The number of nitrogens with two attached hydrogens (primary N) is 1. The van der Waals surface area contributed by atoms with Crippen molar-refractivity contribution in [2.45, 2.75) is 50.8 Å². The number of rotatable bonds is 4. The van der Waals surface area contributed by atoms with Crippen molar-refractivity contribution in [2.24, 2.45) is 11.7 Å². The summed E-state index contributed by atoms with van der Waals surface area (Å²) in [6, 6.07) is 8.46. The molecule has 1 aliphatic heterocycles. The number of nitrogens with zero attached hydrogens (tertiary/aromatic N) is 2. The van der Waals surface area contributed by atoms with Gasteiger partial charge in [-0.2, -0.15) is 5.10 Å². The molecule has 0 bridgehead atoms. The van der Waals surface area contributed by atoms with Gasteiger partial charge < -0.3 is 10.5 Å². The molecule has 1 aliphatic carbocycles. The minimum absolute atomic E-state index is 0.225. The summed E-state index contributed by atoms with van der Waals surface area (Å²) in [5.74, 6) is 0.678. The molecule has 4 heteroatoms. The number of ether oxygens (including phenoxy) is 1. The fourth-order valence-corrected chi connectivity index (χ4v) is 3.76. The van der Waals surface area contributed by atoms with Crippen LogP contribution in [0.4, 0.5) is 0 Å². The molecule has 112 valence electrons. The van der Waals surface area contributed by atoms with Crippen LogP contribution in [-0.2, 0) is 17.7 Å². The van der Waals surface area contributed by atoms with Gasteiger partial charge in [0.1, 0.15) is 0 Å². The highest BCUT2D eigenvalue weighted by molar-refractivity contribution is 5.82. The SMILES string of the molecule is CCn1nc(CC2(N)CCOC2C2CC2)c2ccccc21. The van der Waals surface area contributed by atoms with Crippen LogP contribution >= 0.6 is 0 Å². The van der Waals surface area contributed by atoms with E-state index >= 15 is 0 Å². The van der Waals surface area contributed by atoms with Gasteiger partial charge in [-0.25, -0.2) is 0 Å². The molecule has 0 spiro atoms. The van der Waals surface area contributed by atoms with Gasteiger partial charge in [0.25, 0.3) is 0 Å². The Labute approximate surface area is 125 Å². The Kier molecular flexibility index (Phi) is 3.05. The topological polar surface area (TPSA) is 53.1 Å². The third-order valence-corrected chi connectivity index (χ3v) is 5.01. The van der Waals surface area contributed by atoms with Gasteiger partial charge in [-0.3, -0.25) is 4.68 Å². The van der Waals surface area contributed by atoms with Crippen molar-refractivity contribution in [3.8, 4) is 0 Å². The Morgan fingerprint density at radius 2 is 2.19 bits per heavy atom. The molecule has 0 radical (unpaired) electrons. The number of hydrogen-bond donors (Lipinski definition) is 1. The van der Waals surface area contributed by atoms with Crippen LogP contribution in [0.3, 0.4) is 0 Å². The Hall–Kier alpha value is -1.39. The van der Waals surface area contributed by atoms with Crippen molar-refractivity contribution >= 4 is 10.9 Å². The van der Waals surface area contributed by atoms with E-state index in [0.29, 0.717) is 5.92 Å². The second-order valence-corrected chi connectivity index (χ2v) is 6.57. The van der Waals surface area contributed by atoms with E-state index in [9.17, 15) is 0 Å². The van der Waals surface area contributed by atoms with Crippen molar-refractivity contribution in [1.29, 1.82) is 0 Å². The van der Waals surface area contributed by atoms with Crippen molar-refractivity contribution in [1.82, 2.24) is 9.78 Å². The first-order valence-corrected chi connectivity index (χ1v) is 8.06. The van der Waals surface area contributed by atoms with Gasteiger partial charge in [0.05, 0.1) is 22.9 Å². The molecule has 21 heavy (non-hydrogen) atoms. The number of fused-ring (bicyclic) bond motifs is 1. The quantitative estimate of drug-likeness (QED) is 0.939. The van der Waals surface area contributed by atoms with Gasteiger partial charge in [0.2, 0.25) is 0 Å². The molecule has 1 aromatic heterocycles. The molecule has 1 saturated carbocycles. The first-order chi connectivity index (χ1) is 10.2. The van der Waals surface area contributed by atoms with E-state index in [2.05, 4.69) is 35.9 Å². The normalized spacial score (nSPS) is 29.3. The number of aromatic nitrogens is 2. The predicted octanol–water partition coefficient (Wildman–Crippen LogP) is 2.50. The molecular weight excluding hydrogens is 262 g/mol. The summed E-state index contributed by atoms with van der Waals surface area (Å²) in [4.78, 5) is 0. The molecule has 2 aliphatic rings. The second-order valence-electron chi connectivity index (χ2n) is 6.57. The second kappa shape index (κ2) is 4.82. The minimum atomic E-state index is -0.239. The number of benzene rings is 1. The smallest absolute Gasteiger partial charge is 0.0787 e. The number of hydrogen-bond acceptors (Lipinski definition) is 3. The molecule has 2 heterocycles. The Morgan fingerprint density at radius 3 is 2.95 bits per heavy atom. The summed E-state index contributed by atoms with van der Waals surface area (Å²) < 4.78 is 8.03. The maximum absolute atomic E-state index is 6.74. The molecule has 2 atom stereocenters. The molecule has 4 rings (SSSR count). The van der Waals surface area contributed by atoms with Crippen LogP contribution < -0.4 is 5.73 Å². The van der Waals surface area contributed by atoms with Gasteiger partial charge in [0, 0.05) is 25.0 Å². The highest BCUT2D eigenvalue weighted by Crippen LogP contribution is 2.43. The lowest BCUT2D eigenvalue weighted by atomic mass is 9.84. The van der Waals surface area contributed by atoms with Crippen molar-refractivity contribution < 1.29 is 4.74 Å². The fraction of sp³-hybridized carbons (Fsp3) is 0.588. The zero-order valence-corrected chi connectivity index (χ0v) is 12.6. The maximum Gasteiger partial charge on any atom is 0.0787 e. The highest BCUT2D eigenvalue weighted by atomic mass is 16.5. The minimum Gasteiger partial charge on any atom is -0.376 e. The summed E-state index contributed by atoms with van der Waals surface area (Å²) in [6.45, 7) is 3.82. The van der Waals surface area contributed by atoms with Crippen LogP contribution in [0.2, 0.25) is 0 Å². The molecule has 1 saturated heterocycles. The zero-order valence-electron chi connectivity index (χ0n) is 12.6. The predicted molar refractivity (Wildman–Crippen MR) is 83.1 cm³/mol. The third-order valence-electron chi connectivity index (χ3n) is 5.01. The van der Waals surface area contributed by atoms with E-state index in [1.165, 1.54) is 23.7 Å². The largest absolute Gasteiger partial charge is 0.376 e.